The minimum Gasteiger partial charge on any atom is -0.467 e. The van der Waals surface area contributed by atoms with Crippen LogP contribution in [0.4, 0.5) is 10.1 Å². The zero-order valence-corrected chi connectivity index (χ0v) is 17.8. The van der Waals surface area contributed by atoms with Crippen LogP contribution in [-0.4, -0.2) is 16.8 Å². The van der Waals surface area contributed by atoms with E-state index in [-0.39, 0.29) is 18.7 Å². The van der Waals surface area contributed by atoms with Crippen molar-refractivity contribution in [1.82, 2.24) is 10.3 Å². The summed E-state index contributed by atoms with van der Waals surface area (Å²) in [5.41, 5.74) is 0.545. The predicted molar refractivity (Wildman–Crippen MR) is 119 cm³/mol. The number of nitrogens with zero attached hydrogens (tertiary/aromatic N) is 2. The third-order valence-corrected chi connectivity index (χ3v) is 5.71. The van der Waals surface area contributed by atoms with Gasteiger partial charge in [0.05, 0.1) is 24.9 Å². The van der Waals surface area contributed by atoms with Crippen LogP contribution < -0.4 is 10.2 Å². The van der Waals surface area contributed by atoms with Gasteiger partial charge in [0.15, 0.2) is 0 Å². The van der Waals surface area contributed by atoms with E-state index in [4.69, 9.17) is 4.42 Å². The van der Waals surface area contributed by atoms with Crippen molar-refractivity contribution < 1.29 is 18.4 Å². The summed E-state index contributed by atoms with van der Waals surface area (Å²) >= 11 is 1.43. The average Bonchev–Trinajstić information content (AvgIpc) is 3.51. The Bertz CT molecular complexity index is 1160. The number of halogens is 1. The molecule has 0 aliphatic rings. The highest BCUT2D eigenvalue weighted by atomic mass is 32.1. The molecule has 0 aliphatic carbocycles. The number of para-hydroxylation sites is 1. The van der Waals surface area contributed by atoms with Crippen LogP contribution in [0.2, 0.25) is 0 Å². The summed E-state index contributed by atoms with van der Waals surface area (Å²) in [6, 6.07) is 15.3. The van der Waals surface area contributed by atoms with Gasteiger partial charge in [-0.15, -0.1) is 11.3 Å². The minimum absolute atomic E-state index is 0.0315. The zero-order chi connectivity index (χ0) is 22.3. The first-order chi connectivity index (χ1) is 15.6. The normalized spacial score (nSPS) is 11.7. The molecule has 1 unspecified atom stereocenters. The van der Waals surface area contributed by atoms with Crippen LogP contribution in [0.5, 0.6) is 0 Å². The summed E-state index contributed by atoms with van der Waals surface area (Å²) in [6.07, 6.45) is 4.62. The maximum Gasteiger partial charge on any atom is 0.248 e. The fraction of sp³-hybridized carbons (Fsp3) is 0.125. The van der Waals surface area contributed by atoms with Gasteiger partial charge in [-0.1, -0.05) is 18.2 Å². The summed E-state index contributed by atoms with van der Waals surface area (Å²) in [5.74, 6) is -0.887. The van der Waals surface area contributed by atoms with Crippen LogP contribution in [0.25, 0.3) is 0 Å². The van der Waals surface area contributed by atoms with Crippen LogP contribution >= 0.6 is 11.3 Å². The summed E-state index contributed by atoms with van der Waals surface area (Å²) in [7, 11) is 0. The summed E-state index contributed by atoms with van der Waals surface area (Å²) in [5, 5.41) is 4.67. The molecular formula is C24H20FN3O3S. The maximum atomic E-state index is 14.9. The second-order valence-corrected chi connectivity index (χ2v) is 7.98. The number of carbonyl (C=O) groups is 2. The molecule has 4 rings (SSSR count). The predicted octanol–water partition coefficient (Wildman–Crippen LogP) is 4.51. The van der Waals surface area contributed by atoms with E-state index in [1.807, 2.05) is 17.5 Å². The molecule has 0 saturated carbocycles. The number of rotatable bonds is 8. The van der Waals surface area contributed by atoms with Crippen LogP contribution in [-0.2, 0) is 22.6 Å². The molecule has 4 aromatic rings. The zero-order valence-electron chi connectivity index (χ0n) is 17.0. The first kappa shape index (κ1) is 21.5. The van der Waals surface area contributed by atoms with E-state index in [0.717, 1.165) is 4.88 Å². The molecule has 1 atom stereocenters. The largest absolute Gasteiger partial charge is 0.467 e. The van der Waals surface area contributed by atoms with Crippen LogP contribution in [0.1, 0.15) is 22.2 Å². The number of thiophene rings is 1. The molecular weight excluding hydrogens is 429 g/mol. The van der Waals surface area contributed by atoms with Crippen molar-refractivity contribution in [3.63, 3.8) is 0 Å². The number of benzene rings is 1. The monoisotopic (exact) mass is 449 g/mol. The molecule has 3 aromatic heterocycles. The Morgan fingerprint density at radius 1 is 1.06 bits per heavy atom. The Kier molecular flexibility index (Phi) is 6.72. The van der Waals surface area contributed by atoms with E-state index >= 15 is 0 Å². The topological polar surface area (TPSA) is 75.4 Å². The van der Waals surface area contributed by atoms with Crippen LogP contribution in [0, 0.1) is 5.82 Å². The van der Waals surface area contributed by atoms with E-state index in [1.54, 1.807) is 36.4 Å². The second-order valence-electron chi connectivity index (χ2n) is 6.95. The number of anilines is 1. The lowest BCUT2D eigenvalue weighted by atomic mass is 10.0. The van der Waals surface area contributed by atoms with Gasteiger partial charge in [0.2, 0.25) is 11.8 Å². The lowest BCUT2D eigenvalue weighted by Crippen LogP contribution is -2.44. The number of carbonyl (C=O) groups excluding carboxylic acids is 2. The van der Waals surface area contributed by atoms with E-state index in [9.17, 15) is 14.0 Å². The molecule has 0 saturated heterocycles. The smallest absolute Gasteiger partial charge is 0.248 e. The molecule has 0 aliphatic heterocycles. The number of aromatic nitrogens is 1. The van der Waals surface area contributed by atoms with Gasteiger partial charge in [-0.25, -0.2) is 4.39 Å². The number of nitrogens with one attached hydrogen (secondary N) is 1. The molecule has 8 heteroatoms. The van der Waals surface area contributed by atoms with Gasteiger partial charge < -0.3 is 9.73 Å². The fourth-order valence-corrected chi connectivity index (χ4v) is 4.06. The molecule has 0 bridgehead atoms. The average molecular weight is 450 g/mol. The quantitative estimate of drug-likeness (QED) is 0.430. The molecule has 0 radical (unpaired) electrons. The molecule has 0 fully saturated rings. The highest BCUT2D eigenvalue weighted by Gasteiger charge is 2.34. The van der Waals surface area contributed by atoms with Gasteiger partial charge in [-0.05, 0) is 53.4 Å². The third-order valence-electron chi connectivity index (χ3n) is 4.83. The van der Waals surface area contributed by atoms with Crippen molar-refractivity contribution in [1.29, 1.82) is 0 Å². The van der Waals surface area contributed by atoms with Crippen molar-refractivity contribution in [2.24, 2.45) is 0 Å². The maximum absolute atomic E-state index is 14.9. The highest BCUT2D eigenvalue weighted by Crippen LogP contribution is 2.31. The van der Waals surface area contributed by atoms with Crippen molar-refractivity contribution in [3.05, 3.63) is 107 Å². The number of pyridine rings is 1. The van der Waals surface area contributed by atoms with E-state index < -0.39 is 23.7 Å². The Hall–Kier alpha value is -3.78. The summed E-state index contributed by atoms with van der Waals surface area (Å²) in [6.45, 7) is 0.137. The van der Waals surface area contributed by atoms with Gasteiger partial charge >= 0.3 is 0 Å². The first-order valence-corrected chi connectivity index (χ1v) is 10.8. The second kappa shape index (κ2) is 10.0. The van der Waals surface area contributed by atoms with E-state index in [0.29, 0.717) is 11.3 Å². The number of hydrogen-bond donors (Lipinski definition) is 1. The van der Waals surface area contributed by atoms with Gasteiger partial charge in [0.25, 0.3) is 0 Å². The van der Waals surface area contributed by atoms with Gasteiger partial charge in [-0.3, -0.25) is 19.5 Å². The molecule has 1 aromatic carbocycles. The third kappa shape index (κ3) is 4.92. The van der Waals surface area contributed by atoms with Crippen molar-refractivity contribution >= 4 is 28.8 Å². The molecule has 6 nitrogen and oxygen atoms in total. The number of amides is 2. The molecule has 2 amide bonds. The Labute approximate surface area is 188 Å². The molecule has 1 N–H and O–H groups in total. The van der Waals surface area contributed by atoms with Crippen molar-refractivity contribution in [2.75, 3.05) is 4.90 Å². The molecule has 3 heterocycles. The Morgan fingerprint density at radius 2 is 1.88 bits per heavy atom. The Balaban J connectivity index is 1.74. The van der Waals surface area contributed by atoms with Crippen LogP contribution in [0.15, 0.2) is 89.1 Å². The summed E-state index contributed by atoms with van der Waals surface area (Å²) < 4.78 is 20.2. The summed E-state index contributed by atoms with van der Waals surface area (Å²) in [4.78, 5) is 32.9. The standard InChI is InChI=1S/C24H20FN3O3S/c25-20-7-1-2-8-21(20)28(22(29)15-19-6-4-14-32-19)23(17-9-11-26-12-10-17)24(30)27-16-18-5-3-13-31-18/h1-14,23H,15-16H2,(H,27,30). The van der Waals surface area contributed by atoms with Gasteiger partial charge in [0.1, 0.15) is 17.6 Å². The molecule has 162 valence electrons. The SMILES string of the molecule is O=C(NCc1ccco1)C(c1ccncc1)N(C(=O)Cc1cccs1)c1ccccc1F. The van der Waals surface area contributed by atoms with E-state index in [1.165, 1.54) is 47.0 Å². The minimum atomic E-state index is -1.10. The number of hydrogen-bond acceptors (Lipinski definition) is 5. The van der Waals surface area contributed by atoms with Gasteiger partial charge in [0, 0.05) is 17.3 Å². The fourth-order valence-electron chi connectivity index (χ4n) is 3.36. The first-order valence-electron chi connectivity index (χ1n) is 9.92. The number of furan rings is 1. The highest BCUT2D eigenvalue weighted by molar-refractivity contribution is 7.10. The van der Waals surface area contributed by atoms with Crippen molar-refractivity contribution in [3.8, 4) is 0 Å². The lowest BCUT2D eigenvalue weighted by molar-refractivity contribution is -0.126. The van der Waals surface area contributed by atoms with Crippen molar-refractivity contribution in [2.45, 2.75) is 19.0 Å². The Morgan fingerprint density at radius 3 is 2.56 bits per heavy atom. The lowest BCUT2D eigenvalue weighted by Gasteiger charge is -2.31. The van der Waals surface area contributed by atoms with Gasteiger partial charge in [-0.2, -0.15) is 0 Å². The van der Waals surface area contributed by atoms with E-state index in [2.05, 4.69) is 10.3 Å². The van der Waals surface area contributed by atoms with Crippen LogP contribution in [0.3, 0.4) is 0 Å². The molecule has 32 heavy (non-hydrogen) atoms. The molecule has 0 spiro atoms.